The quantitative estimate of drug-likeness (QED) is 0.810. The molecule has 0 bridgehead atoms. The number of nitrogens with zero attached hydrogens (tertiary/aromatic N) is 5. The zero-order chi connectivity index (χ0) is 19.5. The zero-order valence-electron chi connectivity index (χ0n) is 16.2. The van der Waals surface area contributed by atoms with Gasteiger partial charge in [-0.05, 0) is 31.3 Å². The number of halogens is 1. The lowest BCUT2D eigenvalue weighted by Crippen LogP contribution is -2.47. The molecule has 6 nitrogen and oxygen atoms in total. The first kappa shape index (κ1) is 18.7. The van der Waals surface area contributed by atoms with Crippen molar-refractivity contribution in [3.63, 3.8) is 0 Å². The van der Waals surface area contributed by atoms with Gasteiger partial charge in [0.2, 0.25) is 0 Å². The fraction of sp³-hybridized carbons (Fsp3) is 0.429. The van der Waals surface area contributed by atoms with Crippen LogP contribution in [0.25, 0.3) is 0 Å². The molecule has 1 aromatic heterocycles. The summed E-state index contributed by atoms with van der Waals surface area (Å²) in [5.41, 5.74) is 1.29. The predicted octanol–water partition coefficient (Wildman–Crippen LogP) is 1.93. The Bertz CT molecular complexity index is 812. The minimum absolute atomic E-state index is 0.0523. The number of pyridine rings is 1. The van der Waals surface area contributed by atoms with E-state index in [0.29, 0.717) is 11.3 Å². The first-order valence-corrected chi connectivity index (χ1v) is 9.80. The number of para-hydroxylation sites is 1. The second kappa shape index (κ2) is 8.14. The van der Waals surface area contributed by atoms with Gasteiger partial charge in [0.1, 0.15) is 11.6 Å². The van der Waals surface area contributed by atoms with Gasteiger partial charge in [-0.15, -0.1) is 0 Å². The smallest absolute Gasteiger partial charge is 0.255 e. The molecular weight excluding hydrogens is 357 g/mol. The molecule has 148 valence electrons. The van der Waals surface area contributed by atoms with Crippen molar-refractivity contribution in [3.05, 3.63) is 54.0 Å². The fourth-order valence-electron chi connectivity index (χ4n) is 3.78. The van der Waals surface area contributed by atoms with Gasteiger partial charge in [0.25, 0.3) is 5.91 Å². The summed E-state index contributed by atoms with van der Waals surface area (Å²) in [6.07, 6.45) is 1.68. The van der Waals surface area contributed by atoms with Crippen LogP contribution in [-0.4, -0.2) is 80.1 Å². The summed E-state index contributed by atoms with van der Waals surface area (Å²) in [5, 5.41) is 0. The maximum atomic E-state index is 14.0. The van der Waals surface area contributed by atoms with Crippen LogP contribution in [0.1, 0.15) is 10.4 Å². The van der Waals surface area contributed by atoms with Crippen molar-refractivity contribution < 1.29 is 9.18 Å². The number of anilines is 2. The lowest BCUT2D eigenvalue weighted by atomic mass is 10.2. The van der Waals surface area contributed by atoms with Crippen molar-refractivity contribution >= 4 is 17.4 Å². The van der Waals surface area contributed by atoms with Crippen LogP contribution < -0.4 is 9.80 Å². The molecule has 2 aliphatic heterocycles. The van der Waals surface area contributed by atoms with Gasteiger partial charge in [-0.25, -0.2) is 9.37 Å². The highest BCUT2D eigenvalue weighted by molar-refractivity contribution is 5.94. The van der Waals surface area contributed by atoms with Gasteiger partial charge >= 0.3 is 0 Å². The average molecular weight is 383 g/mol. The highest BCUT2D eigenvalue weighted by Gasteiger charge is 2.22. The van der Waals surface area contributed by atoms with Gasteiger partial charge < -0.3 is 19.6 Å². The van der Waals surface area contributed by atoms with E-state index in [1.54, 1.807) is 12.3 Å². The molecular formula is C21H26FN5O. The molecule has 0 unspecified atom stereocenters. The van der Waals surface area contributed by atoms with Gasteiger partial charge in [0, 0.05) is 58.6 Å². The third kappa shape index (κ3) is 3.94. The molecule has 2 aliphatic rings. The number of rotatable bonds is 3. The normalized spacial score (nSPS) is 18.4. The van der Waals surface area contributed by atoms with Crippen LogP contribution in [-0.2, 0) is 0 Å². The molecule has 2 aromatic rings. The SMILES string of the molecule is CN1CCN(C(=O)c2ccc(N3CCN(c4ccccc4F)CC3)nc2)CC1. The summed E-state index contributed by atoms with van der Waals surface area (Å²) in [6.45, 7) is 6.35. The van der Waals surface area contributed by atoms with E-state index in [4.69, 9.17) is 0 Å². The van der Waals surface area contributed by atoms with Crippen LogP contribution in [0, 0.1) is 5.82 Å². The van der Waals surface area contributed by atoms with Crippen molar-refractivity contribution in [1.29, 1.82) is 0 Å². The minimum Gasteiger partial charge on any atom is -0.366 e. The number of carbonyl (C=O) groups excluding carboxylic acids is 1. The molecule has 0 spiro atoms. The number of likely N-dealkylation sites (N-methyl/N-ethyl adjacent to an activating group) is 1. The van der Waals surface area contributed by atoms with Gasteiger partial charge in [-0.2, -0.15) is 0 Å². The van der Waals surface area contributed by atoms with Crippen molar-refractivity contribution in [3.8, 4) is 0 Å². The number of amides is 1. The summed E-state index contributed by atoms with van der Waals surface area (Å²) in [5.74, 6) is 0.737. The Morgan fingerprint density at radius 2 is 1.57 bits per heavy atom. The number of hydrogen-bond donors (Lipinski definition) is 0. The van der Waals surface area contributed by atoms with Gasteiger partial charge in [0.05, 0.1) is 11.3 Å². The van der Waals surface area contributed by atoms with Crippen molar-refractivity contribution in [2.45, 2.75) is 0 Å². The van der Waals surface area contributed by atoms with Crippen molar-refractivity contribution in [2.24, 2.45) is 0 Å². The molecule has 4 rings (SSSR count). The first-order valence-electron chi connectivity index (χ1n) is 9.80. The van der Waals surface area contributed by atoms with Crippen LogP contribution >= 0.6 is 0 Å². The lowest BCUT2D eigenvalue weighted by molar-refractivity contribution is 0.0663. The van der Waals surface area contributed by atoms with Crippen molar-refractivity contribution in [1.82, 2.24) is 14.8 Å². The van der Waals surface area contributed by atoms with E-state index in [-0.39, 0.29) is 11.7 Å². The number of hydrogen-bond acceptors (Lipinski definition) is 5. The van der Waals surface area contributed by atoms with E-state index in [0.717, 1.165) is 58.2 Å². The monoisotopic (exact) mass is 383 g/mol. The average Bonchev–Trinajstić information content (AvgIpc) is 2.74. The second-order valence-electron chi connectivity index (χ2n) is 7.43. The molecule has 7 heteroatoms. The third-order valence-electron chi connectivity index (χ3n) is 5.58. The van der Waals surface area contributed by atoms with Crippen LogP contribution in [0.3, 0.4) is 0 Å². The molecule has 0 atom stereocenters. The summed E-state index contributed by atoms with van der Waals surface area (Å²) in [6, 6.07) is 10.7. The minimum atomic E-state index is -0.180. The lowest BCUT2D eigenvalue weighted by Gasteiger charge is -2.37. The maximum Gasteiger partial charge on any atom is 0.255 e. The largest absolute Gasteiger partial charge is 0.366 e. The molecule has 0 radical (unpaired) electrons. The highest BCUT2D eigenvalue weighted by Crippen LogP contribution is 2.22. The number of benzene rings is 1. The summed E-state index contributed by atoms with van der Waals surface area (Å²) in [7, 11) is 2.07. The fourth-order valence-corrected chi connectivity index (χ4v) is 3.78. The molecule has 0 aliphatic carbocycles. The van der Waals surface area contributed by atoms with Crippen LogP contribution in [0.15, 0.2) is 42.6 Å². The summed E-state index contributed by atoms with van der Waals surface area (Å²) in [4.78, 5) is 25.5. The molecule has 2 fully saturated rings. The van der Waals surface area contributed by atoms with Gasteiger partial charge in [0.15, 0.2) is 0 Å². The Balaban J connectivity index is 1.36. The molecule has 2 saturated heterocycles. The molecule has 1 amide bonds. The molecule has 0 N–H and O–H groups in total. The topological polar surface area (TPSA) is 42.9 Å². The van der Waals surface area contributed by atoms with Crippen molar-refractivity contribution in [2.75, 3.05) is 69.2 Å². The Hall–Kier alpha value is -2.67. The summed E-state index contributed by atoms with van der Waals surface area (Å²) < 4.78 is 14.0. The van der Waals surface area contributed by atoms with E-state index < -0.39 is 0 Å². The number of aromatic nitrogens is 1. The Morgan fingerprint density at radius 3 is 2.21 bits per heavy atom. The van der Waals surface area contributed by atoms with Gasteiger partial charge in [-0.3, -0.25) is 4.79 Å². The van der Waals surface area contributed by atoms with E-state index in [2.05, 4.69) is 26.7 Å². The van der Waals surface area contributed by atoms with E-state index in [9.17, 15) is 9.18 Å². The molecule has 0 saturated carbocycles. The predicted molar refractivity (Wildman–Crippen MR) is 108 cm³/mol. The number of carbonyl (C=O) groups is 1. The van der Waals surface area contributed by atoms with Gasteiger partial charge in [-0.1, -0.05) is 12.1 Å². The third-order valence-corrected chi connectivity index (χ3v) is 5.58. The van der Waals surface area contributed by atoms with E-state index >= 15 is 0 Å². The van der Waals surface area contributed by atoms with E-state index in [1.165, 1.54) is 6.07 Å². The zero-order valence-corrected chi connectivity index (χ0v) is 16.2. The van der Waals surface area contributed by atoms with Crippen LogP contribution in [0.4, 0.5) is 15.9 Å². The summed E-state index contributed by atoms with van der Waals surface area (Å²) >= 11 is 0. The molecule has 28 heavy (non-hydrogen) atoms. The standard InChI is InChI=1S/C21H26FN5O/c1-24-8-10-27(11-9-24)21(28)17-6-7-20(23-16-17)26-14-12-25(13-15-26)19-5-3-2-4-18(19)22/h2-7,16H,8-15H2,1H3. The Kier molecular flexibility index (Phi) is 5.43. The number of piperazine rings is 2. The van der Waals surface area contributed by atoms with Crippen LogP contribution in [0.5, 0.6) is 0 Å². The highest BCUT2D eigenvalue weighted by atomic mass is 19.1. The van der Waals surface area contributed by atoms with Crippen LogP contribution in [0.2, 0.25) is 0 Å². The first-order chi connectivity index (χ1) is 13.6. The Morgan fingerprint density at radius 1 is 0.893 bits per heavy atom. The molecule has 3 heterocycles. The maximum absolute atomic E-state index is 14.0. The second-order valence-corrected chi connectivity index (χ2v) is 7.43. The Labute approximate surface area is 165 Å². The van der Waals surface area contributed by atoms with E-state index in [1.807, 2.05) is 29.2 Å². The molecule has 1 aromatic carbocycles.